The number of carbonyl (C=O) groups is 1. The number of nitrogens with one attached hydrogen (secondary N) is 2. The number of benzene rings is 2. The van der Waals surface area contributed by atoms with Crippen molar-refractivity contribution >= 4 is 34.2 Å². The van der Waals surface area contributed by atoms with Gasteiger partial charge in [0, 0.05) is 55.1 Å². The summed E-state index contributed by atoms with van der Waals surface area (Å²) in [6.07, 6.45) is 2.29. The summed E-state index contributed by atoms with van der Waals surface area (Å²) >= 11 is 0. The lowest BCUT2D eigenvalue weighted by Gasteiger charge is -2.29. The largest absolute Gasteiger partial charge is 0.422 e. The molecule has 9 heteroatoms. The Kier molecular flexibility index (Phi) is 6.15. The lowest BCUT2D eigenvalue weighted by atomic mass is 9.96. The van der Waals surface area contributed by atoms with Gasteiger partial charge in [-0.25, -0.2) is 9.78 Å². The molecule has 0 bridgehead atoms. The van der Waals surface area contributed by atoms with Gasteiger partial charge in [-0.05, 0) is 42.7 Å². The molecule has 188 valence electrons. The van der Waals surface area contributed by atoms with Crippen LogP contribution < -0.4 is 21.2 Å². The molecule has 4 heterocycles. The molecule has 2 aromatic heterocycles. The Hall–Kier alpha value is -4.08. The maximum absolute atomic E-state index is 12.8. The molecule has 1 saturated heterocycles. The van der Waals surface area contributed by atoms with E-state index in [-0.39, 0.29) is 11.3 Å². The third-order valence-corrected chi connectivity index (χ3v) is 6.90. The number of fused-ring (bicyclic) bond motifs is 2. The van der Waals surface area contributed by atoms with Crippen LogP contribution in [-0.4, -0.2) is 42.0 Å². The van der Waals surface area contributed by atoms with Crippen LogP contribution in [0.2, 0.25) is 0 Å². The van der Waals surface area contributed by atoms with Gasteiger partial charge < -0.3 is 24.7 Å². The molecule has 1 unspecified atom stereocenters. The molecule has 2 aliphatic rings. The topological polar surface area (TPSA) is 110 Å². The van der Waals surface area contributed by atoms with Gasteiger partial charge in [-0.15, -0.1) is 0 Å². The second-order valence-electron chi connectivity index (χ2n) is 9.31. The van der Waals surface area contributed by atoms with Gasteiger partial charge in [-0.3, -0.25) is 4.79 Å². The fourth-order valence-electron chi connectivity index (χ4n) is 5.13. The molecule has 0 aliphatic carbocycles. The van der Waals surface area contributed by atoms with Gasteiger partial charge in [-0.1, -0.05) is 24.3 Å². The van der Waals surface area contributed by atoms with E-state index in [9.17, 15) is 9.59 Å². The number of aromatic nitrogens is 2. The summed E-state index contributed by atoms with van der Waals surface area (Å²) in [4.78, 5) is 36.5. The number of Topliss-reactive ketones (excluding diaryl/α,β-unsaturated/α-hetero) is 1. The Bertz CT molecular complexity index is 1540. The lowest BCUT2D eigenvalue weighted by molar-refractivity contribution is 0.0277. The van der Waals surface area contributed by atoms with E-state index in [1.165, 1.54) is 18.1 Å². The minimum Gasteiger partial charge on any atom is -0.422 e. The zero-order chi connectivity index (χ0) is 25.4. The van der Waals surface area contributed by atoms with Crippen molar-refractivity contribution < 1.29 is 13.9 Å². The van der Waals surface area contributed by atoms with E-state index in [2.05, 4.69) is 44.8 Å². The molecule has 2 N–H and O–H groups in total. The summed E-state index contributed by atoms with van der Waals surface area (Å²) in [5.74, 6) is 0.945. The first-order valence-electron chi connectivity index (χ1n) is 12.4. The number of carbonyl (C=O) groups excluding carboxylic acids is 1. The molecule has 0 spiro atoms. The maximum Gasteiger partial charge on any atom is 0.347 e. The lowest BCUT2D eigenvalue weighted by Crippen LogP contribution is -2.35. The first-order chi connectivity index (χ1) is 18.1. The molecule has 1 atom stereocenters. The second kappa shape index (κ2) is 9.76. The molecule has 0 saturated carbocycles. The van der Waals surface area contributed by atoms with Gasteiger partial charge in [0.05, 0.1) is 12.7 Å². The van der Waals surface area contributed by atoms with E-state index >= 15 is 0 Å². The van der Waals surface area contributed by atoms with Crippen LogP contribution in [0.25, 0.3) is 11.0 Å². The van der Waals surface area contributed by atoms with Crippen LogP contribution >= 0.6 is 0 Å². The van der Waals surface area contributed by atoms with Crippen molar-refractivity contribution in [3.63, 3.8) is 0 Å². The van der Waals surface area contributed by atoms with Gasteiger partial charge in [-0.2, -0.15) is 4.98 Å². The van der Waals surface area contributed by atoms with Gasteiger partial charge in [0.25, 0.3) is 0 Å². The number of morpholine rings is 1. The van der Waals surface area contributed by atoms with E-state index < -0.39 is 11.7 Å². The van der Waals surface area contributed by atoms with E-state index in [1.807, 2.05) is 18.2 Å². The highest BCUT2D eigenvalue weighted by atomic mass is 16.5. The Morgan fingerprint density at radius 3 is 2.84 bits per heavy atom. The van der Waals surface area contributed by atoms with E-state index in [0.717, 1.165) is 31.9 Å². The number of ketones is 1. The number of anilines is 3. The SMILES string of the molecule is CC(=O)c1c(C2CNCCO2)c2ccc(Nc3nccc(N4CCc5ccccc5C4)n3)cc2oc1=O. The average Bonchev–Trinajstić information content (AvgIpc) is 2.92. The molecule has 0 radical (unpaired) electrons. The van der Waals surface area contributed by atoms with Crippen molar-refractivity contribution in [2.24, 2.45) is 0 Å². The van der Waals surface area contributed by atoms with Crippen molar-refractivity contribution in [1.82, 2.24) is 15.3 Å². The van der Waals surface area contributed by atoms with Crippen molar-refractivity contribution in [3.05, 3.63) is 87.4 Å². The van der Waals surface area contributed by atoms with Crippen LogP contribution in [0.1, 0.15) is 40.1 Å². The van der Waals surface area contributed by atoms with Crippen LogP contribution in [0.5, 0.6) is 0 Å². The van der Waals surface area contributed by atoms with Crippen LogP contribution in [0.3, 0.4) is 0 Å². The normalized spacial score (nSPS) is 17.4. The van der Waals surface area contributed by atoms with Gasteiger partial charge >= 0.3 is 5.63 Å². The first-order valence-corrected chi connectivity index (χ1v) is 12.4. The highest BCUT2D eigenvalue weighted by Gasteiger charge is 2.27. The smallest absolute Gasteiger partial charge is 0.347 e. The minimum absolute atomic E-state index is 0.0426. The molecule has 37 heavy (non-hydrogen) atoms. The molecule has 9 nitrogen and oxygen atoms in total. The Morgan fingerprint density at radius 1 is 1.16 bits per heavy atom. The molecule has 6 rings (SSSR count). The second-order valence-corrected chi connectivity index (χ2v) is 9.31. The zero-order valence-electron chi connectivity index (χ0n) is 20.5. The Morgan fingerprint density at radius 2 is 2.03 bits per heavy atom. The van der Waals surface area contributed by atoms with Gasteiger partial charge in [0.2, 0.25) is 5.95 Å². The van der Waals surface area contributed by atoms with Gasteiger partial charge in [0.1, 0.15) is 17.0 Å². The predicted molar refractivity (Wildman–Crippen MR) is 141 cm³/mol. The summed E-state index contributed by atoms with van der Waals surface area (Å²) in [7, 11) is 0. The van der Waals surface area contributed by atoms with Crippen LogP contribution in [-0.2, 0) is 17.7 Å². The van der Waals surface area contributed by atoms with Crippen molar-refractivity contribution in [2.45, 2.75) is 26.0 Å². The first kappa shape index (κ1) is 23.3. The van der Waals surface area contributed by atoms with Crippen molar-refractivity contribution in [3.8, 4) is 0 Å². The minimum atomic E-state index is -0.662. The monoisotopic (exact) mass is 497 g/mol. The molecule has 4 aromatic rings. The van der Waals surface area contributed by atoms with E-state index in [1.54, 1.807) is 12.3 Å². The highest BCUT2D eigenvalue weighted by molar-refractivity contribution is 6.00. The number of ether oxygens (including phenoxy) is 1. The fraction of sp³-hybridized carbons (Fsp3) is 0.286. The van der Waals surface area contributed by atoms with Crippen LogP contribution in [0, 0.1) is 0 Å². The third-order valence-electron chi connectivity index (χ3n) is 6.90. The number of hydrogen-bond acceptors (Lipinski definition) is 9. The van der Waals surface area contributed by atoms with Crippen LogP contribution in [0.15, 0.2) is 63.9 Å². The maximum atomic E-state index is 12.8. The summed E-state index contributed by atoms with van der Waals surface area (Å²) in [5, 5.41) is 7.16. The van der Waals surface area contributed by atoms with Crippen molar-refractivity contribution in [1.29, 1.82) is 0 Å². The molecule has 1 fully saturated rings. The molecular weight excluding hydrogens is 470 g/mol. The number of hydrogen-bond donors (Lipinski definition) is 2. The third kappa shape index (κ3) is 4.59. The molecule has 0 amide bonds. The van der Waals surface area contributed by atoms with Gasteiger partial charge in [0.15, 0.2) is 5.78 Å². The fourth-order valence-corrected chi connectivity index (χ4v) is 5.13. The Balaban J connectivity index is 1.30. The standard InChI is InChI=1S/C28H27N5O4/c1-17(34)25-26(23-15-29-11-13-36-23)21-7-6-20(14-22(21)37-27(25)35)31-28-30-10-8-24(32-28)33-12-9-18-4-2-3-5-19(18)16-33/h2-8,10,14,23,29H,9,11-13,15-16H2,1H3,(H,30,31,32). The number of nitrogens with zero attached hydrogens (tertiary/aromatic N) is 3. The highest BCUT2D eigenvalue weighted by Crippen LogP contribution is 2.32. The molecule has 2 aromatic carbocycles. The summed E-state index contributed by atoms with van der Waals surface area (Å²) < 4.78 is 11.5. The summed E-state index contributed by atoms with van der Waals surface area (Å²) in [6, 6.07) is 15.8. The van der Waals surface area contributed by atoms with Crippen molar-refractivity contribution in [2.75, 3.05) is 36.5 Å². The predicted octanol–water partition coefficient (Wildman–Crippen LogP) is 3.75. The summed E-state index contributed by atoms with van der Waals surface area (Å²) in [5.41, 5.74) is 3.68. The quantitative estimate of drug-likeness (QED) is 0.315. The molecule has 2 aliphatic heterocycles. The van der Waals surface area contributed by atoms with Crippen LogP contribution in [0.4, 0.5) is 17.5 Å². The summed E-state index contributed by atoms with van der Waals surface area (Å²) in [6.45, 7) is 4.79. The average molecular weight is 498 g/mol. The number of rotatable bonds is 5. The Labute approximate surface area is 213 Å². The van der Waals surface area contributed by atoms with E-state index in [0.29, 0.717) is 41.3 Å². The molecular formula is C28H27N5O4. The zero-order valence-corrected chi connectivity index (χ0v) is 20.5. The van der Waals surface area contributed by atoms with E-state index in [4.69, 9.17) is 14.1 Å².